The largest absolute Gasteiger partial charge is 0.462 e. The van der Waals surface area contributed by atoms with E-state index in [9.17, 15) is 39.2 Å². The van der Waals surface area contributed by atoms with Gasteiger partial charge in [-0.2, -0.15) is 0 Å². The van der Waals surface area contributed by atoms with Crippen LogP contribution in [-0.4, -0.2) is 96.8 Å². The quantitative estimate of drug-likeness (QED) is 0.129. The standard InChI is InChI=1S/C26H30ClN3O14/c1-11(31)40-10-26(23(43-14(4)34)21(41-12(2)32)22(25(36)44-26)42-13(3)33)16-7-17-15(8-27)19(20(16)30(37)38)29-5-6-39-18(9-29)24(35)28-17/h7,18,21-23,25,36H,5-6,8-10H2,1-4H3,(H,28,35)/t18?,21-,22-,23-,25-,26+/m1/s1. The molecule has 6 atom stereocenters. The summed E-state index contributed by atoms with van der Waals surface area (Å²) < 4.78 is 32.8. The number of nitro groups is 1. The number of aliphatic hydroxyl groups excluding tert-OH is 1. The Kier molecular flexibility index (Phi) is 9.62. The van der Waals surface area contributed by atoms with Crippen LogP contribution in [-0.2, 0) is 63.9 Å². The fourth-order valence-corrected chi connectivity index (χ4v) is 5.83. The van der Waals surface area contributed by atoms with E-state index >= 15 is 0 Å². The molecule has 1 aromatic carbocycles. The number of ether oxygens (including phenoxy) is 6. The number of halogens is 1. The second-order valence-corrected chi connectivity index (χ2v) is 10.5. The number of nitro benzene ring substituents is 1. The Morgan fingerprint density at radius 1 is 1.11 bits per heavy atom. The molecule has 44 heavy (non-hydrogen) atoms. The van der Waals surface area contributed by atoms with E-state index in [-0.39, 0.29) is 42.5 Å². The maximum Gasteiger partial charge on any atom is 0.303 e. The molecule has 18 heteroatoms. The molecule has 2 N–H and O–H groups in total. The highest BCUT2D eigenvalue weighted by molar-refractivity contribution is 6.18. The van der Waals surface area contributed by atoms with Crippen LogP contribution in [0.4, 0.5) is 17.1 Å². The van der Waals surface area contributed by atoms with Gasteiger partial charge in [-0.15, -0.1) is 11.6 Å². The third-order valence-corrected chi connectivity index (χ3v) is 7.43. The molecule has 0 aromatic heterocycles. The highest BCUT2D eigenvalue weighted by Gasteiger charge is 2.63. The number of hydrogen-bond acceptors (Lipinski definition) is 15. The van der Waals surface area contributed by atoms with Crippen molar-refractivity contribution in [3.63, 3.8) is 0 Å². The summed E-state index contributed by atoms with van der Waals surface area (Å²) in [7, 11) is 0. The van der Waals surface area contributed by atoms with Crippen LogP contribution in [0.25, 0.3) is 0 Å². The molecule has 240 valence electrons. The van der Waals surface area contributed by atoms with Crippen molar-refractivity contribution in [2.75, 3.05) is 36.5 Å². The van der Waals surface area contributed by atoms with Gasteiger partial charge in [-0.25, -0.2) is 0 Å². The van der Waals surface area contributed by atoms with Gasteiger partial charge in [0, 0.05) is 45.5 Å². The molecular weight excluding hydrogens is 614 g/mol. The van der Waals surface area contributed by atoms with E-state index in [0.29, 0.717) is 0 Å². The summed E-state index contributed by atoms with van der Waals surface area (Å²) in [5.41, 5.74) is -3.51. The van der Waals surface area contributed by atoms with Gasteiger partial charge in [0.15, 0.2) is 36.3 Å². The van der Waals surface area contributed by atoms with Crippen LogP contribution in [0.2, 0.25) is 0 Å². The number of fused-ring (bicyclic) bond motifs is 5. The number of rotatable bonds is 8. The third-order valence-electron chi connectivity index (χ3n) is 7.16. The first-order valence-electron chi connectivity index (χ1n) is 13.3. The van der Waals surface area contributed by atoms with Gasteiger partial charge < -0.3 is 43.7 Å². The highest BCUT2D eigenvalue weighted by atomic mass is 35.5. The van der Waals surface area contributed by atoms with Crippen LogP contribution in [0.15, 0.2) is 6.07 Å². The SMILES string of the molecule is CC(=O)OC[C@@]1(c2cc3c(CCl)c(c2[N+](=O)[O-])N2CCOC(C2)C(=O)N3)O[C@@H](O)[C@H](OC(C)=O)[C@@H](OC(C)=O)[C@H]1OC(C)=O. The van der Waals surface area contributed by atoms with Crippen LogP contribution >= 0.6 is 11.6 Å². The normalized spacial score (nSPS) is 27.6. The minimum Gasteiger partial charge on any atom is -0.462 e. The number of amides is 1. The van der Waals surface area contributed by atoms with Crippen molar-refractivity contribution < 1.29 is 62.4 Å². The van der Waals surface area contributed by atoms with Gasteiger partial charge >= 0.3 is 23.9 Å². The van der Waals surface area contributed by atoms with E-state index in [4.69, 9.17) is 40.0 Å². The molecule has 1 aromatic rings. The third kappa shape index (κ3) is 6.26. The maximum absolute atomic E-state index is 13.1. The van der Waals surface area contributed by atoms with Gasteiger partial charge in [0.1, 0.15) is 12.3 Å². The zero-order valence-electron chi connectivity index (χ0n) is 24.0. The molecule has 1 unspecified atom stereocenters. The van der Waals surface area contributed by atoms with Crippen molar-refractivity contribution in [1.82, 2.24) is 0 Å². The van der Waals surface area contributed by atoms with Gasteiger partial charge in [-0.05, 0) is 6.07 Å². The van der Waals surface area contributed by atoms with Crippen LogP contribution in [0.1, 0.15) is 38.8 Å². The number of morpholine rings is 1. The summed E-state index contributed by atoms with van der Waals surface area (Å²) >= 11 is 6.27. The fourth-order valence-electron chi connectivity index (χ4n) is 5.56. The summed E-state index contributed by atoms with van der Waals surface area (Å²) in [4.78, 5) is 75.6. The van der Waals surface area contributed by atoms with E-state index in [1.807, 2.05) is 0 Å². The average molecular weight is 644 g/mol. The van der Waals surface area contributed by atoms with E-state index in [1.165, 1.54) is 4.90 Å². The summed E-state index contributed by atoms with van der Waals surface area (Å²) in [5, 5.41) is 26.8. The van der Waals surface area contributed by atoms with Crippen LogP contribution in [0, 0.1) is 10.1 Å². The lowest BCUT2D eigenvalue weighted by molar-refractivity contribution is -0.390. The van der Waals surface area contributed by atoms with Gasteiger partial charge in [-0.3, -0.25) is 34.1 Å². The number of benzene rings is 1. The van der Waals surface area contributed by atoms with Gasteiger partial charge in [0.25, 0.3) is 11.6 Å². The van der Waals surface area contributed by atoms with Gasteiger partial charge in [0.05, 0.1) is 29.5 Å². The Hall–Kier alpha value is -4.06. The minimum absolute atomic E-state index is 0.0196. The highest BCUT2D eigenvalue weighted by Crippen LogP contribution is 2.51. The number of carbonyl (C=O) groups excluding carboxylic acids is 5. The zero-order chi connectivity index (χ0) is 32.5. The van der Waals surface area contributed by atoms with Crippen LogP contribution in [0.5, 0.6) is 0 Å². The lowest BCUT2D eigenvalue weighted by atomic mass is 9.79. The van der Waals surface area contributed by atoms with E-state index < -0.39 is 88.9 Å². The van der Waals surface area contributed by atoms with E-state index in [1.54, 1.807) is 0 Å². The van der Waals surface area contributed by atoms with Crippen molar-refractivity contribution in [2.24, 2.45) is 0 Å². The average Bonchev–Trinajstić information content (AvgIpc) is 2.93. The predicted molar refractivity (Wildman–Crippen MR) is 145 cm³/mol. The van der Waals surface area contributed by atoms with Crippen molar-refractivity contribution in [3.8, 4) is 0 Å². The number of nitrogens with zero attached hydrogens (tertiary/aromatic N) is 2. The molecule has 3 aliphatic rings. The van der Waals surface area contributed by atoms with Crippen LogP contribution < -0.4 is 10.2 Å². The molecule has 4 bridgehead atoms. The van der Waals surface area contributed by atoms with Gasteiger partial charge in [0.2, 0.25) is 0 Å². The Bertz CT molecular complexity index is 1390. The van der Waals surface area contributed by atoms with E-state index in [0.717, 1.165) is 33.8 Å². The Morgan fingerprint density at radius 2 is 1.75 bits per heavy atom. The summed E-state index contributed by atoms with van der Waals surface area (Å²) in [6.07, 6.45) is -8.74. The Balaban J connectivity index is 2.11. The molecule has 3 aliphatic heterocycles. The molecule has 2 saturated heterocycles. The first kappa shape index (κ1) is 32.8. The number of anilines is 2. The van der Waals surface area contributed by atoms with Crippen LogP contribution in [0.3, 0.4) is 0 Å². The molecule has 0 spiro atoms. The predicted octanol–water partition coefficient (Wildman–Crippen LogP) is 0.393. The molecule has 2 fully saturated rings. The topological polar surface area (TPSA) is 219 Å². The van der Waals surface area contributed by atoms with Crippen molar-refractivity contribution >= 4 is 58.4 Å². The smallest absolute Gasteiger partial charge is 0.303 e. The molecule has 0 saturated carbocycles. The molecule has 0 radical (unpaired) electrons. The zero-order valence-corrected chi connectivity index (χ0v) is 24.8. The number of aliphatic hydroxyl groups is 1. The lowest BCUT2D eigenvalue weighted by Crippen LogP contribution is -2.67. The molecule has 1 amide bonds. The Labute approximate surface area is 254 Å². The fraction of sp³-hybridized carbons (Fsp3) is 0.577. The second kappa shape index (κ2) is 12.9. The monoisotopic (exact) mass is 643 g/mol. The van der Waals surface area contributed by atoms with Crippen molar-refractivity contribution in [2.45, 2.75) is 69.9 Å². The first-order chi connectivity index (χ1) is 20.7. The number of nitrogens with one attached hydrogen (secondary N) is 1. The molecule has 3 heterocycles. The second-order valence-electron chi connectivity index (χ2n) is 10.2. The Morgan fingerprint density at radius 3 is 2.32 bits per heavy atom. The number of alkyl halides is 1. The van der Waals surface area contributed by atoms with E-state index in [2.05, 4.69) is 5.32 Å². The summed E-state index contributed by atoms with van der Waals surface area (Å²) in [6, 6.07) is 1.11. The first-order valence-corrected chi connectivity index (χ1v) is 13.8. The maximum atomic E-state index is 13.1. The number of esters is 4. The molecule has 4 rings (SSSR count). The van der Waals surface area contributed by atoms with Gasteiger partial charge in [-0.1, -0.05) is 0 Å². The number of hydrogen-bond donors (Lipinski definition) is 2. The summed E-state index contributed by atoms with van der Waals surface area (Å²) in [5.74, 6) is -4.72. The molecular formula is C26H30ClN3O14. The molecule has 17 nitrogen and oxygen atoms in total. The van der Waals surface area contributed by atoms with Crippen molar-refractivity contribution in [1.29, 1.82) is 0 Å². The molecule has 0 aliphatic carbocycles. The number of carbonyl (C=O) groups is 5. The lowest BCUT2D eigenvalue weighted by Gasteiger charge is -2.49. The summed E-state index contributed by atoms with van der Waals surface area (Å²) in [6.45, 7) is 3.06. The minimum atomic E-state index is -2.50. The van der Waals surface area contributed by atoms with Crippen molar-refractivity contribution in [3.05, 3.63) is 27.3 Å².